The van der Waals surface area contributed by atoms with Gasteiger partial charge in [0.1, 0.15) is 0 Å². The van der Waals surface area contributed by atoms with E-state index >= 15 is 0 Å². The van der Waals surface area contributed by atoms with Crippen LogP contribution in [0.1, 0.15) is 188 Å². The fourth-order valence-corrected chi connectivity index (χ4v) is 6.29. The molecule has 0 aliphatic carbocycles. The van der Waals surface area contributed by atoms with Crippen LogP contribution in [0, 0.1) is 5.92 Å². The van der Waals surface area contributed by atoms with Crippen LogP contribution in [0.4, 0.5) is 0 Å². The SMILES string of the molecule is CCCCCCCCC(CCCCCCC)C(=O)OCCCCCCN(CCCCCCOC(=O)CCCCCC)CCOCCOCCO. The van der Waals surface area contributed by atoms with Gasteiger partial charge in [-0.15, -0.1) is 0 Å². The minimum Gasteiger partial charge on any atom is -0.466 e. The van der Waals surface area contributed by atoms with Crippen molar-refractivity contribution in [3.63, 3.8) is 0 Å². The highest BCUT2D eigenvalue weighted by Crippen LogP contribution is 2.21. The second-order valence-corrected chi connectivity index (χ2v) is 14.3. The molecular formula is C42H83NO7. The van der Waals surface area contributed by atoms with Gasteiger partial charge in [-0.1, -0.05) is 136 Å². The van der Waals surface area contributed by atoms with Crippen LogP contribution in [0.5, 0.6) is 0 Å². The molecule has 0 amide bonds. The highest BCUT2D eigenvalue weighted by molar-refractivity contribution is 5.72. The van der Waals surface area contributed by atoms with Gasteiger partial charge in [0.2, 0.25) is 0 Å². The second kappa shape index (κ2) is 40.5. The molecule has 298 valence electrons. The van der Waals surface area contributed by atoms with Crippen LogP contribution in [0.3, 0.4) is 0 Å². The molecule has 0 aliphatic rings. The number of aliphatic hydroxyl groups is 1. The van der Waals surface area contributed by atoms with Crippen molar-refractivity contribution in [3.05, 3.63) is 0 Å². The molecule has 0 radical (unpaired) electrons. The second-order valence-electron chi connectivity index (χ2n) is 14.3. The first-order chi connectivity index (χ1) is 24.6. The number of nitrogens with zero attached hydrogens (tertiary/aromatic N) is 1. The molecule has 1 N–H and O–H groups in total. The van der Waals surface area contributed by atoms with Crippen LogP contribution < -0.4 is 0 Å². The summed E-state index contributed by atoms with van der Waals surface area (Å²) in [5.41, 5.74) is 0. The lowest BCUT2D eigenvalue weighted by molar-refractivity contribution is -0.149. The number of unbranched alkanes of at least 4 members (excludes halogenated alkanes) is 18. The zero-order valence-electron chi connectivity index (χ0n) is 33.4. The van der Waals surface area contributed by atoms with Crippen molar-refractivity contribution >= 4 is 11.9 Å². The molecule has 0 aromatic carbocycles. The Hall–Kier alpha value is -1.22. The lowest BCUT2D eigenvalue weighted by Crippen LogP contribution is -2.30. The molecule has 50 heavy (non-hydrogen) atoms. The van der Waals surface area contributed by atoms with E-state index in [1.807, 2.05) is 0 Å². The van der Waals surface area contributed by atoms with Crippen molar-refractivity contribution in [2.24, 2.45) is 5.92 Å². The molecule has 0 rings (SSSR count). The number of carbonyl (C=O) groups excluding carboxylic acids is 2. The van der Waals surface area contributed by atoms with E-state index in [1.54, 1.807) is 0 Å². The van der Waals surface area contributed by atoms with Gasteiger partial charge in [0.25, 0.3) is 0 Å². The monoisotopic (exact) mass is 714 g/mol. The van der Waals surface area contributed by atoms with Gasteiger partial charge in [0.05, 0.1) is 52.2 Å². The van der Waals surface area contributed by atoms with E-state index in [0.717, 1.165) is 110 Å². The molecule has 0 saturated heterocycles. The Labute approximate surface area is 309 Å². The summed E-state index contributed by atoms with van der Waals surface area (Å²) in [5.74, 6) is 0.0748. The molecule has 8 heteroatoms. The van der Waals surface area contributed by atoms with Gasteiger partial charge in [-0.05, 0) is 58.0 Å². The Morgan fingerprint density at radius 2 is 0.940 bits per heavy atom. The number of aliphatic hydroxyl groups excluding tert-OH is 1. The van der Waals surface area contributed by atoms with Crippen molar-refractivity contribution in [3.8, 4) is 0 Å². The Bertz CT molecular complexity index is 708. The van der Waals surface area contributed by atoms with E-state index in [9.17, 15) is 9.59 Å². The molecule has 0 fully saturated rings. The van der Waals surface area contributed by atoms with Gasteiger partial charge in [-0.2, -0.15) is 0 Å². The van der Waals surface area contributed by atoms with Crippen molar-refractivity contribution in [2.45, 2.75) is 188 Å². The normalized spacial score (nSPS) is 12.1. The number of hydrogen-bond donors (Lipinski definition) is 1. The molecule has 0 aromatic rings. The lowest BCUT2D eigenvalue weighted by atomic mass is 9.94. The Balaban J connectivity index is 4.35. The van der Waals surface area contributed by atoms with Gasteiger partial charge in [0.15, 0.2) is 0 Å². The average Bonchev–Trinajstić information content (AvgIpc) is 3.12. The maximum absolute atomic E-state index is 13.0. The quantitative estimate of drug-likeness (QED) is 0.0494. The Kier molecular flexibility index (Phi) is 39.6. The highest BCUT2D eigenvalue weighted by Gasteiger charge is 2.19. The summed E-state index contributed by atoms with van der Waals surface area (Å²) in [4.78, 5) is 27.4. The summed E-state index contributed by atoms with van der Waals surface area (Å²) in [6.07, 6.45) is 29.2. The summed E-state index contributed by atoms with van der Waals surface area (Å²) < 4.78 is 22.3. The van der Waals surface area contributed by atoms with Crippen LogP contribution in [0.15, 0.2) is 0 Å². The smallest absolute Gasteiger partial charge is 0.308 e. The number of rotatable bonds is 41. The molecule has 1 atom stereocenters. The summed E-state index contributed by atoms with van der Waals surface area (Å²) in [6, 6.07) is 0. The lowest BCUT2D eigenvalue weighted by Gasteiger charge is -2.22. The largest absolute Gasteiger partial charge is 0.466 e. The fourth-order valence-electron chi connectivity index (χ4n) is 6.29. The van der Waals surface area contributed by atoms with Gasteiger partial charge in [-0.25, -0.2) is 0 Å². The summed E-state index contributed by atoms with van der Waals surface area (Å²) in [5, 5.41) is 8.85. The Morgan fingerprint density at radius 1 is 0.480 bits per heavy atom. The first-order valence-corrected chi connectivity index (χ1v) is 21.4. The molecule has 0 spiro atoms. The molecular weight excluding hydrogens is 630 g/mol. The number of carbonyl (C=O) groups is 2. The topological polar surface area (TPSA) is 94.5 Å². The fraction of sp³-hybridized carbons (Fsp3) is 0.952. The zero-order chi connectivity index (χ0) is 36.6. The van der Waals surface area contributed by atoms with Crippen LogP contribution in [0.25, 0.3) is 0 Å². The van der Waals surface area contributed by atoms with E-state index in [1.165, 1.54) is 70.6 Å². The summed E-state index contributed by atoms with van der Waals surface area (Å²) in [7, 11) is 0. The third-order valence-corrected chi connectivity index (χ3v) is 9.53. The zero-order valence-corrected chi connectivity index (χ0v) is 33.4. The predicted molar refractivity (Wildman–Crippen MR) is 208 cm³/mol. The summed E-state index contributed by atoms with van der Waals surface area (Å²) in [6.45, 7) is 12.8. The van der Waals surface area contributed by atoms with E-state index < -0.39 is 0 Å². The molecule has 1 unspecified atom stereocenters. The molecule has 0 saturated carbocycles. The average molecular weight is 714 g/mol. The first kappa shape index (κ1) is 48.8. The number of hydrogen-bond acceptors (Lipinski definition) is 8. The van der Waals surface area contributed by atoms with Crippen molar-refractivity contribution in [1.82, 2.24) is 4.90 Å². The van der Waals surface area contributed by atoms with Crippen LogP contribution in [-0.4, -0.2) is 87.8 Å². The molecule has 8 nitrogen and oxygen atoms in total. The van der Waals surface area contributed by atoms with Gasteiger partial charge >= 0.3 is 11.9 Å². The van der Waals surface area contributed by atoms with Crippen LogP contribution in [-0.2, 0) is 28.5 Å². The van der Waals surface area contributed by atoms with E-state index in [4.69, 9.17) is 24.1 Å². The maximum Gasteiger partial charge on any atom is 0.308 e. The predicted octanol–water partition coefficient (Wildman–Crippen LogP) is 10.2. The molecule has 0 bridgehead atoms. The van der Waals surface area contributed by atoms with Gasteiger partial charge in [0, 0.05) is 13.0 Å². The third-order valence-electron chi connectivity index (χ3n) is 9.53. The molecule has 0 aliphatic heterocycles. The standard InChI is InChI=1S/C42H83NO7/c1-4-7-10-13-15-21-28-40(27-20-14-11-8-5-2)42(46)50-35-26-19-17-24-31-43(32-36-47-38-39-48-37-33-44)30-23-16-18-25-34-49-41(45)29-22-12-9-6-3/h40,44H,4-39H2,1-3H3. The third kappa shape index (κ3) is 35.2. The minimum absolute atomic E-state index is 0.0383. The Morgan fingerprint density at radius 3 is 1.50 bits per heavy atom. The van der Waals surface area contributed by atoms with E-state index in [2.05, 4.69) is 25.7 Å². The molecule has 0 aromatic heterocycles. The van der Waals surface area contributed by atoms with Gasteiger partial charge in [-0.3, -0.25) is 9.59 Å². The van der Waals surface area contributed by atoms with Crippen LogP contribution >= 0.6 is 0 Å². The maximum atomic E-state index is 13.0. The van der Waals surface area contributed by atoms with Crippen LogP contribution in [0.2, 0.25) is 0 Å². The van der Waals surface area contributed by atoms with Crippen molar-refractivity contribution < 1.29 is 33.6 Å². The minimum atomic E-state index is -0.0481. The first-order valence-electron chi connectivity index (χ1n) is 21.4. The van der Waals surface area contributed by atoms with Crippen molar-refractivity contribution in [2.75, 3.05) is 65.9 Å². The number of esters is 2. The summed E-state index contributed by atoms with van der Waals surface area (Å²) >= 11 is 0. The highest BCUT2D eigenvalue weighted by atomic mass is 16.5. The molecule has 0 heterocycles. The number of ether oxygens (including phenoxy) is 4. The van der Waals surface area contributed by atoms with Crippen molar-refractivity contribution in [1.29, 1.82) is 0 Å². The van der Waals surface area contributed by atoms with E-state index in [-0.39, 0.29) is 24.5 Å². The van der Waals surface area contributed by atoms with Gasteiger partial charge < -0.3 is 29.0 Å². The van der Waals surface area contributed by atoms with E-state index in [0.29, 0.717) is 46.1 Å².